The number of carbonyl (C=O) groups is 2. The maximum Gasteiger partial charge on any atom is 0.222 e. The molecule has 0 aromatic heterocycles. The molecule has 1 aromatic carbocycles. The maximum absolute atomic E-state index is 12.3. The van der Waals surface area contributed by atoms with Gasteiger partial charge in [-0.2, -0.15) is 0 Å². The Kier molecular flexibility index (Phi) is 3.82. The quantitative estimate of drug-likeness (QED) is 0.807. The molecule has 1 aliphatic heterocycles. The molecule has 3 rings (SSSR count). The first-order valence-corrected chi connectivity index (χ1v) is 7.45. The van der Waals surface area contributed by atoms with Gasteiger partial charge in [-0.25, -0.2) is 0 Å². The number of carbonyl (C=O) groups excluding carboxylic acids is 2. The van der Waals surface area contributed by atoms with Gasteiger partial charge in [0.1, 0.15) is 5.75 Å². The largest absolute Gasteiger partial charge is 0.508 e. The van der Waals surface area contributed by atoms with Crippen molar-refractivity contribution in [1.29, 1.82) is 0 Å². The van der Waals surface area contributed by atoms with Crippen LogP contribution in [0.25, 0.3) is 0 Å². The molecule has 0 saturated heterocycles. The van der Waals surface area contributed by atoms with Crippen LogP contribution in [-0.4, -0.2) is 41.5 Å². The van der Waals surface area contributed by atoms with Gasteiger partial charge in [-0.1, -0.05) is 6.07 Å². The van der Waals surface area contributed by atoms with Gasteiger partial charge in [-0.3, -0.25) is 9.59 Å². The Bertz CT molecular complexity index is 558. The summed E-state index contributed by atoms with van der Waals surface area (Å²) in [4.78, 5) is 24.6. The number of nitrogens with zero attached hydrogens (tertiary/aromatic N) is 1. The molecule has 1 saturated carbocycles. The summed E-state index contributed by atoms with van der Waals surface area (Å²) in [7, 11) is 0. The van der Waals surface area contributed by atoms with Crippen LogP contribution in [-0.2, 0) is 22.4 Å². The normalized spacial score (nSPS) is 23.9. The second-order valence-corrected chi connectivity index (χ2v) is 5.92. The Morgan fingerprint density at radius 2 is 2.10 bits per heavy atom. The van der Waals surface area contributed by atoms with Crippen LogP contribution in [0.1, 0.15) is 24.0 Å². The van der Waals surface area contributed by atoms with Gasteiger partial charge in [0.25, 0.3) is 0 Å². The molecular formula is C16H20N2O3. The SMILES string of the molecule is O=CNC1CC1CC(=O)N1CCc2ccc(O)cc2CC1. The van der Waals surface area contributed by atoms with Crippen molar-refractivity contribution in [2.24, 2.45) is 5.92 Å². The number of rotatable bonds is 4. The van der Waals surface area contributed by atoms with Gasteiger partial charge in [0.05, 0.1) is 0 Å². The fourth-order valence-corrected chi connectivity index (χ4v) is 3.08. The van der Waals surface area contributed by atoms with Crippen molar-refractivity contribution in [3.63, 3.8) is 0 Å². The molecule has 5 nitrogen and oxygen atoms in total. The molecule has 2 amide bonds. The van der Waals surface area contributed by atoms with Gasteiger partial charge in [0.2, 0.25) is 12.3 Å². The minimum Gasteiger partial charge on any atom is -0.508 e. The van der Waals surface area contributed by atoms with Crippen molar-refractivity contribution in [3.8, 4) is 5.75 Å². The lowest BCUT2D eigenvalue weighted by Gasteiger charge is -2.20. The lowest BCUT2D eigenvalue weighted by atomic mass is 10.0. The summed E-state index contributed by atoms with van der Waals surface area (Å²) in [5.74, 6) is 0.763. The second-order valence-electron chi connectivity index (χ2n) is 5.92. The van der Waals surface area contributed by atoms with Crippen molar-refractivity contribution < 1.29 is 14.7 Å². The van der Waals surface area contributed by atoms with E-state index in [1.54, 1.807) is 12.1 Å². The zero-order valence-electron chi connectivity index (χ0n) is 11.9. The molecule has 0 spiro atoms. The van der Waals surface area contributed by atoms with Gasteiger partial charge < -0.3 is 15.3 Å². The highest BCUT2D eigenvalue weighted by atomic mass is 16.3. The Balaban J connectivity index is 1.56. The molecule has 1 heterocycles. The fraction of sp³-hybridized carbons (Fsp3) is 0.500. The van der Waals surface area contributed by atoms with Crippen LogP contribution in [0.5, 0.6) is 5.75 Å². The molecule has 1 aliphatic carbocycles. The monoisotopic (exact) mass is 288 g/mol. The summed E-state index contributed by atoms with van der Waals surface area (Å²) < 4.78 is 0. The van der Waals surface area contributed by atoms with E-state index in [1.807, 2.05) is 11.0 Å². The topological polar surface area (TPSA) is 69.6 Å². The zero-order valence-corrected chi connectivity index (χ0v) is 11.9. The van der Waals surface area contributed by atoms with E-state index in [2.05, 4.69) is 5.32 Å². The van der Waals surface area contributed by atoms with Crippen molar-refractivity contribution >= 4 is 12.3 Å². The van der Waals surface area contributed by atoms with Crippen LogP contribution in [0.4, 0.5) is 0 Å². The molecule has 1 aromatic rings. The first-order chi connectivity index (χ1) is 10.2. The Labute approximate surface area is 123 Å². The zero-order chi connectivity index (χ0) is 14.8. The highest BCUT2D eigenvalue weighted by molar-refractivity contribution is 5.77. The van der Waals surface area contributed by atoms with Gasteiger partial charge in [-0.05, 0) is 48.4 Å². The Morgan fingerprint density at radius 1 is 1.33 bits per heavy atom. The Hall–Kier alpha value is -2.04. The molecule has 2 aliphatic rings. The van der Waals surface area contributed by atoms with Crippen molar-refractivity contribution in [1.82, 2.24) is 10.2 Å². The van der Waals surface area contributed by atoms with Crippen LogP contribution in [0.3, 0.4) is 0 Å². The lowest BCUT2D eigenvalue weighted by molar-refractivity contribution is -0.131. The van der Waals surface area contributed by atoms with E-state index in [0.717, 1.165) is 31.4 Å². The third kappa shape index (κ3) is 3.17. The molecule has 0 bridgehead atoms. The number of fused-ring (bicyclic) bond motifs is 1. The predicted octanol–water partition coefficient (Wildman–Crippen LogP) is 0.844. The van der Waals surface area contributed by atoms with E-state index in [0.29, 0.717) is 25.3 Å². The molecule has 2 N–H and O–H groups in total. The molecule has 2 unspecified atom stereocenters. The van der Waals surface area contributed by atoms with Gasteiger partial charge in [0, 0.05) is 25.6 Å². The van der Waals surface area contributed by atoms with Gasteiger partial charge >= 0.3 is 0 Å². The van der Waals surface area contributed by atoms with Crippen LogP contribution in [0, 0.1) is 5.92 Å². The number of amides is 2. The average molecular weight is 288 g/mol. The predicted molar refractivity (Wildman–Crippen MR) is 77.8 cm³/mol. The summed E-state index contributed by atoms with van der Waals surface area (Å²) in [6.45, 7) is 1.43. The highest BCUT2D eigenvalue weighted by Crippen LogP contribution is 2.34. The van der Waals surface area contributed by atoms with E-state index in [4.69, 9.17) is 0 Å². The fourth-order valence-electron chi connectivity index (χ4n) is 3.08. The van der Waals surface area contributed by atoms with Crippen LogP contribution < -0.4 is 5.32 Å². The standard InChI is InChI=1S/C16H20N2O3/c19-10-17-15-8-13(15)9-16(21)18-5-3-11-1-2-14(20)7-12(11)4-6-18/h1-2,7,10,13,15,20H,3-6,8-9H2,(H,17,19). The molecule has 0 radical (unpaired) electrons. The van der Waals surface area contributed by atoms with Crippen molar-refractivity contribution in [2.75, 3.05) is 13.1 Å². The minimum atomic E-state index is 0.173. The van der Waals surface area contributed by atoms with Crippen LogP contribution in [0.15, 0.2) is 18.2 Å². The molecular weight excluding hydrogens is 268 g/mol. The number of phenols is 1. The number of phenolic OH excluding ortho intramolecular Hbond substituents is 1. The van der Waals surface area contributed by atoms with Crippen LogP contribution >= 0.6 is 0 Å². The first-order valence-electron chi connectivity index (χ1n) is 7.45. The average Bonchev–Trinajstić information content (AvgIpc) is 3.21. The van der Waals surface area contributed by atoms with E-state index < -0.39 is 0 Å². The summed E-state index contributed by atoms with van der Waals surface area (Å²) in [5, 5.41) is 12.3. The van der Waals surface area contributed by atoms with Crippen LogP contribution in [0.2, 0.25) is 0 Å². The summed E-state index contributed by atoms with van der Waals surface area (Å²) >= 11 is 0. The third-order valence-corrected chi connectivity index (χ3v) is 4.49. The van der Waals surface area contributed by atoms with E-state index in [1.165, 1.54) is 5.56 Å². The number of benzene rings is 1. The second kappa shape index (κ2) is 5.76. The first kappa shape index (κ1) is 13.9. The van der Waals surface area contributed by atoms with Gasteiger partial charge in [0.15, 0.2) is 0 Å². The molecule has 21 heavy (non-hydrogen) atoms. The highest BCUT2D eigenvalue weighted by Gasteiger charge is 2.39. The molecule has 112 valence electrons. The number of aromatic hydroxyl groups is 1. The summed E-state index contributed by atoms with van der Waals surface area (Å²) in [5.41, 5.74) is 2.35. The molecule has 5 heteroatoms. The third-order valence-electron chi connectivity index (χ3n) is 4.49. The summed E-state index contributed by atoms with van der Waals surface area (Å²) in [6.07, 6.45) is 3.77. The molecule has 2 atom stereocenters. The Morgan fingerprint density at radius 3 is 2.86 bits per heavy atom. The maximum atomic E-state index is 12.3. The lowest BCUT2D eigenvalue weighted by Crippen LogP contribution is -2.34. The molecule has 1 fully saturated rings. The minimum absolute atomic E-state index is 0.173. The van der Waals surface area contributed by atoms with E-state index >= 15 is 0 Å². The number of nitrogens with one attached hydrogen (secondary N) is 1. The van der Waals surface area contributed by atoms with Crippen molar-refractivity contribution in [2.45, 2.75) is 31.7 Å². The summed E-state index contributed by atoms with van der Waals surface area (Å²) in [6, 6.07) is 5.64. The number of hydrogen-bond donors (Lipinski definition) is 2. The number of hydrogen-bond acceptors (Lipinski definition) is 3. The smallest absolute Gasteiger partial charge is 0.222 e. The van der Waals surface area contributed by atoms with Gasteiger partial charge in [-0.15, -0.1) is 0 Å². The van der Waals surface area contributed by atoms with E-state index in [-0.39, 0.29) is 17.7 Å². The van der Waals surface area contributed by atoms with Crippen molar-refractivity contribution in [3.05, 3.63) is 29.3 Å². The van der Waals surface area contributed by atoms with E-state index in [9.17, 15) is 14.7 Å².